The fourth-order valence-electron chi connectivity index (χ4n) is 0.922. The fraction of sp³-hybridized carbons (Fsp3) is 0.286. The second kappa shape index (κ2) is 3.71. The van der Waals surface area contributed by atoms with Crippen LogP contribution in [0, 0.1) is 24.0 Å². The van der Waals surface area contributed by atoms with E-state index in [0.29, 0.717) is 10.2 Å². The zero-order valence-corrected chi connectivity index (χ0v) is 10.1. The summed E-state index contributed by atoms with van der Waals surface area (Å²) in [6.07, 6.45) is 0. The van der Waals surface area contributed by atoms with E-state index in [1.165, 1.54) is 0 Å². The molecule has 0 saturated heterocycles. The molecule has 0 aliphatic rings. The van der Waals surface area contributed by atoms with Crippen molar-refractivity contribution in [1.82, 2.24) is 4.98 Å². The first-order chi connectivity index (χ1) is 5.95. The van der Waals surface area contributed by atoms with Gasteiger partial charge in [-0.1, -0.05) is 0 Å². The number of hydrogen-bond acceptors (Lipinski definition) is 3. The van der Waals surface area contributed by atoms with Gasteiger partial charge in [0.1, 0.15) is 4.60 Å². The molecule has 70 valence electrons. The quantitative estimate of drug-likeness (QED) is 0.455. The molecule has 0 aromatic carbocycles. The van der Waals surface area contributed by atoms with E-state index in [0.717, 1.165) is 5.56 Å². The summed E-state index contributed by atoms with van der Waals surface area (Å²) < 4.78 is 0.884. The number of nitro groups is 1. The van der Waals surface area contributed by atoms with Crippen molar-refractivity contribution in [2.24, 2.45) is 0 Å². The van der Waals surface area contributed by atoms with Crippen molar-refractivity contribution < 1.29 is 4.92 Å². The van der Waals surface area contributed by atoms with E-state index in [2.05, 4.69) is 36.8 Å². The summed E-state index contributed by atoms with van der Waals surface area (Å²) in [7, 11) is 0. The van der Waals surface area contributed by atoms with E-state index < -0.39 is 4.92 Å². The van der Waals surface area contributed by atoms with Crippen LogP contribution in [0.2, 0.25) is 0 Å². The van der Waals surface area contributed by atoms with Crippen molar-refractivity contribution in [2.45, 2.75) is 13.8 Å². The first-order valence-corrected chi connectivity index (χ1v) is 5.00. The molecule has 0 unspecified atom stereocenters. The number of hydrogen-bond donors (Lipinski definition) is 0. The van der Waals surface area contributed by atoms with Crippen LogP contribution in [0.3, 0.4) is 0 Å². The van der Waals surface area contributed by atoms with Gasteiger partial charge in [-0.2, -0.15) is 0 Å². The van der Waals surface area contributed by atoms with Gasteiger partial charge in [-0.05, 0) is 51.3 Å². The summed E-state index contributed by atoms with van der Waals surface area (Å²) in [6, 6.07) is 0. The highest BCUT2D eigenvalue weighted by molar-refractivity contribution is 9.11. The Morgan fingerprint density at radius 1 is 1.23 bits per heavy atom. The van der Waals surface area contributed by atoms with E-state index in [1.54, 1.807) is 13.8 Å². The predicted octanol–water partition coefficient (Wildman–Crippen LogP) is 3.13. The Labute approximate surface area is 91.8 Å². The maximum atomic E-state index is 10.6. The molecule has 0 N–H and O–H groups in total. The van der Waals surface area contributed by atoms with Crippen LogP contribution in [-0.4, -0.2) is 9.91 Å². The highest BCUT2D eigenvalue weighted by Gasteiger charge is 2.20. The largest absolute Gasteiger partial charge is 0.305 e. The molecule has 0 aliphatic carbocycles. The van der Waals surface area contributed by atoms with Crippen LogP contribution in [-0.2, 0) is 0 Å². The molecule has 0 saturated carbocycles. The fourth-order valence-corrected chi connectivity index (χ4v) is 2.25. The van der Waals surface area contributed by atoms with Crippen molar-refractivity contribution in [3.63, 3.8) is 0 Å². The van der Waals surface area contributed by atoms with Gasteiger partial charge in [0, 0.05) is 5.56 Å². The number of rotatable bonds is 1. The van der Waals surface area contributed by atoms with E-state index in [1.807, 2.05) is 0 Å². The van der Waals surface area contributed by atoms with Gasteiger partial charge in [-0.25, -0.2) is 4.98 Å². The highest BCUT2D eigenvalue weighted by Crippen LogP contribution is 2.32. The third kappa shape index (κ3) is 1.88. The monoisotopic (exact) mass is 308 g/mol. The average Bonchev–Trinajstić information content (AvgIpc) is 1.99. The second-order valence-corrected chi connectivity index (χ2v) is 4.05. The van der Waals surface area contributed by atoms with E-state index in [9.17, 15) is 10.1 Å². The predicted molar refractivity (Wildman–Crippen MR) is 55.8 cm³/mol. The Kier molecular flexibility index (Phi) is 3.02. The van der Waals surface area contributed by atoms with Gasteiger partial charge in [0.15, 0.2) is 4.60 Å². The topological polar surface area (TPSA) is 56.0 Å². The van der Waals surface area contributed by atoms with Crippen molar-refractivity contribution in [1.29, 1.82) is 0 Å². The standard InChI is InChI=1S/C7H6Br2N2O2/c1-3-4(2)6(8)10-7(9)5(3)11(12)13/h1-2H3. The lowest BCUT2D eigenvalue weighted by Gasteiger charge is -2.04. The molecule has 0 fully saturated rings. The second-order valence-electron chi connectivity index (χ2n) is 2.55. The zero-order chi connectivity index (χ0) is 10.2. The van der Waals surface area contributed by atoms with Gasteiger partial charge in [0.25, 0.3) is 0 Å². The molecule has 1 rings (SSSR count). The molecule has 13 heavy (non-hydrogen) atoms. The van der Waals surface area contributed by atoms with Gasteiger partial charge in [0.05, 0.1) is 4.92 Å². The maximum absolute atomic E-state index is 10.6. The minimum atomic E-state index is -0.439. The minimum absolute atomic E-state index is 0.0284. The summed E-state index contributed by atoms with van der Waals surface area (Å²) in [6.45, 7) is 3.48. The van der Waals surface area contributed by atoms with Gasteiger partial charge >= 0.3 is 5.69 Å². The molecule has 1 aromatic heterocycles. The lowest BCUT2D eigenvalue weighted by atomic mass is 10.1. The van der Waals surface area contributed by atoms with Crippen LogP contribution in [0.25, 0.3) is 0 Å². The highest BCUT2D eigenvalue weighted by atomic mass is 79.9. The molecule has 0 aliphatic heterocycles. The first kappa shape index (κ1) is 10.6. The van der Waals surface area contributed by atoms with Crippen LogP contribution in [0.1, 0.15) is 11.1 Å². The van der Waals surface area contributed by atoms with Crippen LogP contribution >= 0.6 is 31.9 Å². The van der Waals surface area contributed by atoms with Crippen molar-refractivity contribution in [3.05, 3.63) is 30.4 Å². The summed E-state index contributed by atoms with van der Waals surface area (Å²) in [5.74, 6) is 0. The molecule has 4 nitrogen and oxygen atoms in total. The average molecular weight is 310 g/mol. The van der Waals surface area contributed by atoms with Crippen LogP contribution < -0.4 is 0 Å². The first-order valence-electron chi connectivity index (χ1n) is 3.41. The summed E-state index contributed by atoms with van der Waals surface area (Å²) >= 11 is 6.27. The molecule has 0 spiro atoms. The zero-order valence-electron chi connectivity index (χ0n) is 6.97. The Morgan fingerprint density at radius 3 is 2.23 bits per heavy atom. The lowest BCUT2D eigenvalue weighted by molar-refractivity contribution is -0.386. The maximum Gasteiger partial charge on any atom is 0.305 e. The minimum Gasteiger partial charge on any atom is -0.258 e. The van der Waals surface area contributed by atoms with Gasteiger partial charge < -0.3 is 0 Å². The summed E-state index contributed by atoms with van der Waals surface area (Å²) in [5, 5.41) is 10.6. The molecule has 1 heterocycles. The van der Waals surface area contributed by atoms with Crippen LogP contribution in [0.4, 0.5) is 5.69 Å². The Morgan fingerprint density at radius 2 is 1.77 bits per heavy atom. The number of nitrogens with zero attached hydrogens (tertiary/aromatic N) is 2. The summed E-state index contributed by atoms with van der Waals surface area (Å²) in [4.78, 5) is 14.1. The molecule has 0 atom stereocenters. The number of pyridine rings is 1. The molecule has 0 bridgehead atoms. The normalized spacial score (nSPS) is 10.2. The molecule has 0 radical (unpaired) electrons. The van der Waals surface area contributed by atoms with Crippen LogP contribution in [0.5, 0.6) is 0 Å². The SMILES string of the molecule is Cc1c(Br)nc(Br)c([N+](=O)[O-])c1C. The molecule has 6 heteroatoms. The molecular weight excluding hydrogens is 304 g/mol. The van der Waals surface area contributed by atoms with Gasteiger partial charge in [0.2, 0.25) is 0 Å². The summed E-state index contributed by atoms with van der Waals surface area (Å²) in [5.41, 5.74) is 1.44. The van der Waals surface area contributed by atoms with Gasteiger partial charge in [-0.3, -0.25) is 10.1 Å². The van der Waals surface area contributed by atoms with E-state index in [4.69, 9.17) is 0 Å². The van der Waals surface area contributed by atoms with Gasteiger partial charge in [-0.15, -0.1) is 0 Å². The molecular formula is C7H6Br2N2O2. The van der Waals surface area contributed by atoms with E-state index in [-0.39, 0.29) is 10.3 Å². The number of aromatic nitrogens is 1. The molecule has 0 amide bonds. The lowest BCUT2D eigenvalue weighted by Crippen LogP contribution is -1.98. The Bertz CT molecular complexity index is 379. The number of halogens is 2. The van der Waals surface area contributed by atoms with E-state index >= 15 is 0 Å². The third-order valence-corrected chi connectivity index (χ3v) is 3.13. The third-order valence-electron chi connectivity index (χ3n) is 1.80. The Hall–Kier alpha value is -0.490. The van der Waals surface area contributed by atoms with Crippen molar-refractivity contribution in [2.75, 3.05) is 0 Å². The smallest absolute Gasteiger partial charge is 0.258 e. The van der Waals surface area contributed by atoms with Crippen LogP contribution in [0.15, 0.2) is 9.21 Å². The van der Waals surface area contributed by atoms with Crippen molar-refractivity contribution >= 4 is 37.5 Å². The Balaban J connectivity index is 3.53. The molecule has 1 aromatic rings. The van der Waals surface area contributed by atoms with Crippen molar-refractivity contribution in [3.8, 4) is 0 Å².